The first-order chi connectivity index (χ1) is 22.6. The van der Waals surface area contributed by atoms with Crippen molar-refractivity contribution in [3.8, 4) is 17.1 Å². The molecular formula is C36H29F3N4O4. The maximum absolute atomic E-state index is 14.9. The van der Waals surface area contributed by atoms with E-state index >= 15 is 0 Å². The zero-order chi connectivity index (χ0) is 33.3. The zero-order valence-corrected chi connectivity index (χ0v) is 25.4. The van der Waals surface area contributed by atoms with E-state index in [0.717, 1.165) is 22.1 Å². The van der Waals surface area contributed by atoms with Gasteiger partial charge in [0.15, 0.2) is 11.6 Å². The third-order valence-electron chi connectivity index (χ3n) is 8.12. The summed E-state index contributed by atoms with van der Waals surface area (Å²) in [6.07, 6.45) is -1.77. The van der Waals surface area contributed by atoms with Crippen LogP contribution in [0.5, 0.6) is 6.01 Å². The van der Waals surface area contributed by atoms with Crippen molar-refractivity contribution in [3.05, 3.63) is 143 Å². The highest BCUT2D eigenvalue weighted by Crippen LogP contribution is 2.43. The fraction of sp³-hybridized carbons (Fsp3) is 0.167. The number of aryl methyl sites for hydroxylation is 2. The molecule has 1 aliphatic rings. The van der Waals surface area contributed by atoms with Crippen LogP contribution in [0.2, 0.25) is 0 Å². The van der Waals surface area contributed by atoms with E-state index in [2.05, 4.69) is 15.3 Å². The predicted molar refractivity (Wildman–Crippen MR) is 168 cm³/mol. The SMILES string of the molecule is Cc1cc(C)nc(O[C@H](C(=O)O)[C@@]2(c3cccc(-c4ccccc4)c3)NCC(=O)N(Cc3c(F)ccc(F)c3F)c3ccccc32)n1. The number of para-hydroxylation sites is 1. The van der Waals surface area contributed by atoms with Crippen LogP contribution in [0, 0.1) is 31.3 Å². The van der Waals surface area contributed by atoms with Gasteiger partial charge in [0.05, 0.1) is 13.1 Å². The molecule has 2 heterocycles. The molecule has 4 aromatic carbocycles. The lowest BCUT2D eigenvalue weighted by Crippen LogP contribution is -2.58. The third kappa shape index (κ3) is 5.93. The number of aromatic nitrogens is 2. The van der Waals surface area contributed by atoms with Gasteiger partial charge in [-0.1, -0.05) is 66.7 Å². The maximum atomic E-state index is 14.9. The summed E-state index contributed by atoms with van der Waals surface area (Å²) in [6, 6.07) is 26.0. The second kappa shape index (κ2) is 12.7. The summed E-state index contributed by atoms with van der Waals surface area (Å²) in [5.41, 5.74) is 1.08. The molecule has 0 fully saturated rings. The number of ether oxygens (including phenoxy) is 1. The van der Waals surface area contributed by atoms with Crippen molar-refractivity contribution in [2.75, 3.05) is 11.4 Å². The van der Waals surface area contributed by atoms with Crippen LogP contribution in [0.1, 0.15) is 28.1 Å². The standard InChI is InChI=1S/C36H29F3N4O4/c1-21-17-22(2)42-35(41-21)47-33(34(45)46)36(25-12-8-11-24(18-25)23-9-4-3-5-10-23)27-13-6-7-14-30(27)43(31(44)19-40-36)20-26-28(37)15-16-29(38)32(26)39/h3-18,33,40H,19-20H2,1-2H3,(H,45,46)/t33-,36+/m1/s1. The van der Waals surface area contributed by atoms with E-state index < -0.39 is 59.6 Å². The molecule has 1 aromatic heterocycles. The monoisotopic (exact) mass is 638 g/mol. The zero-order valence-electron chi connectivity index (χ0n) is 25.4. The number of halogens is 3. The normalized spacial score (nSPS) is 16.7. The van der Waals surface area contributed by atoms with E-state index in [1.54, 1.807) is 56.3 Å². The Morgan fingerprint density at radius 1 is 0.894 bits per heavy atom. The molecule has 8 nitrogen and oxygen atoms in total. The maximum Gasteiger partial charge on any atom is 0.347 e. The Balaban J connectivity index is 1.60. The number of hydrogen-bond acceptors (Lipinski definition) is 6. The number of carboxylic acid groups (broad SMARTS) is 1. The molecule has 2 N–H and O–H groups in total. The number of carbonyl (C=O) groups excluding carboxylic acids is 1. The number of benzene rings is 4. The van der Waals surface area contributed by atoms with Gasteiger partial charge in [-0.3, -0.25) is 10.1 Å². The molecule has 0 saturated carbocycles. The fourth-order valence-corrected chi connectivity index (χ4v) is 6.02. The molecule has 1 amide bonds. The number of fused-ring (bicyclic) bond motifs is 1. The van der Waals surface area contributed by atoms with Gasteiger partial charge < -0.3 is 14.7 Å². The van der Waals surface area contributed by atoms with Crippen molar-refractivity contribution in [2.45, 2.75) is 32.0 Å². The van der Waals surface area contributed by atoms with Crippen LogP contribution >= 0.6 is 0 Å². The van der Waals surface area contributed by atoms with Crippen LogP contribution < -0.4 is 15.0 Å². The molecule has 238 valence electrons. The van der Waals surface area contributed by atoms with Gasteiger partial charge in [0.25, 0.3) is 0 Å². The lowest BCUT2D eigenvalue weighted by molar-refractivity contribution is -0.149. The van der Waals surface area contributed by atoms with Crippen LogP contribution in [0.3, 0.4) is 0 Å². The van der Waals surface area contributed by atoms with E-state index in [1.807, 2.05) is 36.4 Å². The Hall–Kier alpha value is -5.55. The third-order valence-corrected chi connectivity index (χ3v) is 8.12. The van der Waals surface area contributed by atoms with Gasteiger partial charge in [-0.2, -0.15) is 0 Å². The van der Waals surface area contributed by atoms with Crippen molar-refractivity contribution < 1.29 is 32.6 Å². The van der Waals surface area contributed by atoms with Crippen molar-refractivity contribution in [2.24, 2.45) is 0 Å². The summed E-state index contributed by atoms with van der Waals surface area (Å²) >= 11 is 0. The van der Waals surface area contributed by atoms with Gasteiger partial charge in [0.1, 0.15) is 11.4 Å². The predicted octanol–water partition coefficient (Wildman–Crippen LogP) is 6.09. The number of carboxylic acids is 1. The number of rotatable bonds is 8. The number of carbonyl (C=O) groups is 2. The first-order valence-corrected chi connectivity index (χ1v) is 14.7. The van der Waals surface area contributed by atoms with Gasteiger partial charge in [-0.05, 0) is 60.9 Å². The molecule has 0 saturated heterocycles. The number of nitrogens with one attached hydrogen (secondary N) is 1. The van der Waals surface area contributed by atoms with E-state index in [-0.39, 0.29) is 17.3 Å². The van der Waals surface area contributed by atoms with Crippen molar-refractivity contribution in [1.82, 2.24) is 15.3 Å². The summed E-state index contributed by atoms with van der Waals surface area (Å²) < 4.78 is 50.2. The van der Waals surface area contributed by atoms with Gasteiger partial charge in [0.2, 0.25) is 12.0 Å². The van der Waals surface area contributed by atoms with Crippen LogP contribution in [-0.2, 0) is 21.7 Å². The smallest absolute Gasteiger partial charge is 0.347 e. The highest BCUT2D eigenvalue weighted by Gasteiger charge is 2.52. The van der Waals surface area contributed by atoms with Gasteiger partial charge >= 0.3 is 12.0 Å². The van der Waals surface area contributed by atoms with Gasteiger partial charge in [0, 0.05) is 28.2 Å². The molecule has 0 unspecified atom stereocenters. The Labute approximate surface area is 268 Å². The highest BCUT2D eigenvalue weighted by molar-refractivity contribution is 5.97. The minimum absolute atomic E-state index is 0.145. The summed E-state index contributed by atoms with van der Waals surface area (Å²) in [5.74, 6) is -5.77. The van der Waals surface area contributed by atoms with E-state index in [0.29, 0.717) is 23.0 Å². The Morgan fingerprint density at radius 2 is 1.55 bits per heavy atom. The Morgan fingerprint density at radius 3 is 2.28 bits per heavy atom. The molecular weight excluding hydrogens is 609 g/mol. The van der Waals surface area contributed by atoms with Crippen LogP contribution in [-0.4, -0.2) is 39.6 Å². The van der Waals surface area contributed by atoms with Crippen molar-refractivity contribution in [3.63, 3.8) is 0 Å². The largest absolute Gasteiger partial charge is 0.478 e. The molecule has 2 atom stereocenters. The summed E-state index contributed by atoms with van der Waals surface area (Å²) in [4.78, 5) is 36.9. The molecule has 5 aromatic rings. The number of aliphatic carboxylic acids is 1. The Kier molecular flexibility index (Phi) is 8.48. The molecule has 1 aliphatic heterocycles. The average molecular weight is 639 g/mol. The lowest BCUT2D eigenvalue weighted by Gasteiger charge is -2.39. The van der Waals surface area contributed by atoms with Crippen molar-refractivity contribution in [1.29, 1.82) is 0 Å². The number of hydrogen-bond donors (Lipinski definition) is 2. The number of amides is 1. The van der Waals surface area contributed by atoms with Gasteiger partial charge in [-0.15, -0.1) is 0 Å². The van der Waals surface area contributed by atoms with Crippen molar-refractivity contribution >= 4 is 17.6 Å². The first-order valence-electron chi connectivity index (χ1n) is 14.7. The average Bonchev–Trinajstić information content (AvgIpc) is 3.18. The summed E-state index contributed by atoms with van der Waals surface area (Å²) in [5, 5.41) is 14.0. The summed E-state index contributed by atoms with van der Waals surface area (Å²) in [7, 11) is 0. The van der Waals surface area contributed by atoms with E-state index in [9.17, 15) is 27.9 Å². The first kappa shape index (κ1) is 31.4. The molecule has 0 bridgehead atoms. The fourth-order valence-electron chi connectivity index (χ4n) is 6.02. The second-order valence-electron chi connectivity index (χ2n) is 11.2. The van der Waals surface area contributed by atoms with E-state index in [4.69, 9.17) is 4.74 Å². The highest BCUT2D eigenvalue weighted by atomic mass is 19.2. The quantitative estimate of drug-likeness (QED) is 0.198. The number of nitrogens with zero attached hydrogens (tertiary/aromatic N) is 3. The molecule has 0 aliphatic carbocycles. The van der Waals surface area contributed by atoms with Crippen LogP contribution in [0.15, 0.2) is 97.1 Å². The number of anilines is 1. The Bertz CT molecular complexity index is 1970. The molecule has 11 heteroatoms. The summed E-state index contributed by atoms with van der Waals surface area (Å²) in [6.45, 7) is 2.29. The minimum atomic E-state index is -1.79. The van der Waals surface area contributed by atoms with Gasteiger partial charge in [-0.25, -0.2) is 27.9 Å². The topological polar surface area (TPSA) is 105 Å². The van der Waals surface area contributed by atoms with Crippen LogP contribution in [0.25, 0.3) is 11.1 Å². The van der Waals surface area contributed by atoms with Crippen LogP contribution in [0.4, 0.5) is 18.9 Å². The molecule has 47 heavy (non-hydrogen) atoms. The molecule has 0 radical (unpaired) electrons. The van der Waals surface area contributed by atoms with E-state index in [1.165, 1.54) is 6.07 Å². The minimum Gasteiger partial charge on any atom is -0.478 e. The lowest BCUT2D eigenvalue weighted by atomic mass is 9.76. The molecule has 6 rings (SSSR count). The second-order valence-corrected chi connectivity index (χ2v) is 11.2. The molecule has 0 spiro atoms.